The monoisotopic (exact) mass is 290 g/mol. The Hall–Kier alpha value is -1.69. The molecular formula is C14H18N4OS. The number of aryl methyl sites for hydroxylation is 1. The molecule has 5 nitrogen and oxygen atoms in total. The van der Waals surface area contributed by atoms with Crippen LogP contribution in [-0.4, -0.2) is 20.7 Å². The third-order valence-electron chi connectivity index (χ3n) is 3.98. The second-order valence-electron chi connectivity index (χ2n) is 5.31. The van der Waals surface area contributed by atoms with Crippen molar-refractivity contribution in [2.45, 2.75) is 38.6 Å². The van der Waals surface area contributed by atoms with Crippen molar-refractivity contribution in [2.75, 3.05) is 0 Å². The molecule has 1 fully saturated rings. The van der Waals surface area contributed by atoms with Crippen molar-refractivity contribution in [3.8, 4) is 0 Å². The Morgan fingerprint density at radius 2 is 2.25 bits per heavy atom. The Balaban J connectivity index is 1.65. The standard InChI is InChI=1S/C14H18N4OS/c1-9-7-20-8-11(9)14(19)15-6-12-16-17-13(18(12)2)10-4-3-5-10/h7-8,10H,3-6H2,1-2H3,(H,15,19). The van der Waals surface area contributed by atoms with Crippen molar-refractivity contribution in [3.63, 3.8) is 0 Å². The Morgan fingerprint density at radius 3 is 2.85 bits per heavy atom. The van der Waals surface area contributed by atoms with E-state index in [1.165, 1.54) is 19.3 Å². The van der Waals surface area contributed by atoms with Crippen LogP contribution in [-0.2, 0) is 13.6 Å². The lowest BCUT2D eigenvalue weighted by atomic mass is 9.85. The van der Waals surface area contributed by atoms with Gasteiger partial charge in [-0.25, -0.2) is 0 Å². The molecule has 1 aliphatic carbocycles. The molecule has 2 aromatic heterocycles. The fourth-order valence-corrected chi connectivity index (χ4v) is 3.23. The molecule has 0 saturated heterocycles. The Kier molecular flexibility index (Phi) is 3.56. The highest BCUT2D eigenvalue weighted by molar-refractivity contribution is 7.08. The summed E-state index contributed by atoms with van der Waals surface area (Å²) in [6, 6.07) is 0. The zero-order valence-electron chi connectivity index (χ0n) is 11.7. The van der Waals surface area contributed by atoms with Crippen LogP contribution in [0.15, 0.2) is 10.8 Å². The summed E-state index contributed by atoms with van der Waals surface area (Å²) in [6.07, 6.45) is 3.68. The van der Waals surface area contributed by atoms with E-state index >= 15 is 0 Å². The summed E-state index contributed by atoms with van der Waals surface area (Å²) in [5, 5.41) is 15.2. The lowest BCUT2D eigenvalue weighted by Gasteiger charge is -2.24. The molecule has 0 unspecified atom stereocenters. The molecule has 3 rings (SSSR count). The summed E-state index contributed by atoms with van der Waals surface area (Å²) in [5.41, 5.74) is 1.76. The van der Waals surface area contributed by atoms with Gasteiger partial charge in [0.05, 0.1) is 12.1 Å². The minimum absolute atomic E-state index is 0.0445. The number of thiophene rings is 1. The van der Waals surface area contributed by atoms with Gasteiger partial charge in [-0.1, -0.05) is 6.42 Å². The molecule has 0 atom stereocenters. The molecule has 6 heteroatoms. The van der Waals surface area contributed by atoms with Crippen molar-refractivity contribution in [3.05, 3.63) is 33.5 Å². The quantitative estimate of drug-likeness (QED) is 0.940. The van der Waals surface area contributed by atoms with Crippen LogP contribution in [0, 0.1) is 6.92 Å². The summed E-state index contributed by atoms with van der Waals surface area (Å²) in [4.78, 5) is 12.1. The lowest BCUT2D eigenvalue weighted by Crippen LogP contribution is -2.25. The van der Waals surface area contributed by atoms with Crippen LogP contribution in [0.1, 0.15) is 52.8 Å². The predicted octanol–water partition coefficient (Wildman–Crippen LogP) is 2.38. The number of carbonyl (C=O) groups excluding carboxylic acids is 1. The molecule has 0 radical (unpaired) electrons. The van der Waals surface area contributed by atoms with Gasteiger partial charge in [0.1, 0.15) is 5.82 Å². The van der Waals surface area contributed by atoms with Crippen LogP contribution in [0.5, 0.6) is 0 Å². The smallest absolute Gasteiger partial charge is 0.252 e. The van der Waals surface area contributed by atoms with Crippen molar-refractivity contribution < 1.29 is 4.79 Å². The van der Waals surface area contributed by atoms with Crippen molar-refractivity contribution >= 4 is 17.2 Å². The maximum atomic E-state index is 12.1. The summed E-state index contributed by atoms with van der Waals surface area (Å²) >= 11 is 1.54. The third-order valence-corrected chi connectivity index (χ3v) is 4.84. The van der Waals surface area contributed by atoms with Gasteiger partial charge < -0.3 is 9.88 Å². The van der Waals surface area contributed by atoms with Crippen LogP contribution < -0.4 is 5.32 Å². The third kappa shape index (κ3) is 2.35. The number of carbonyl (C=O) groups is 1. The van der Waals surface area contributed by atoms with E-state index in [2.05, 4.69) is 15.5 Å². The lowest BCUT2D eigenvalue weighted by molar-refractivity contribution is 0.0949. The molecule has 1 aliphatic rings. The van der Waals surface area contributed by atoms with Gasteiger partial charge in [-0.05, 0) is 30.7 Å². The van der Waals surface area contributed by atoms with E-state index in [0.29, 0.717) is 12.5 Å². The van der Waals surface area contributed by atoms with E-state index < -0.39 is 0 Å². The van der Waals surface area contributed by atoms with Crippen molar-refractivity contribution in [1.29, 1.82) is 0 Å². The Labute approximate surface area is 122 Å². The molecule has 20 heavy (non-hydrogen) atoms. The van der Waals surface area contributed by atoms with Gasteiger partial charge in [-0.3, -0.25) is 4.79 Å². The molecule has 0 bridgehead atoms. The van der Waals surface area contributed by atoms with E-state index in [4.69, 9.17) is 0 Å². The number of amides is 1. The van der Waals surface area contributed by atoms with Crippen LogP contribution >= 0.6 is 11.3 Å². The second-order valence-corrected chi connectivity index (χ2v) is 6.06. The number of aromatic nitrogens is 3. The van der Waals surface area contributed by atoms with Crippen LogP contribution in [0.3, 0.4) is 0 Å². The minimum atomic E-state index is -0.0445. The van der Waals surface area contributed by atoms with E-state index in [9.17, 15) is 4.79 Å². The van der Waals surface area contributed by atoms with Gasteiger partial charge in [0.25, 0.3) is 5.91 Å². The molecule has 106 valence electrons. The molecule has 2 heterocycles. The average molecular weight is 290 g/mol. The number of nitrogens with zero attached hydrogens (tertiary/aromatic N) is 3. The van der Waals surface area contributed by atoms with Crippen LogP contribution in [0.25, 0.3) is 0 Å². The molecule has 0 aliphatic heterocycles. The fourth-order valence-electron chi connectivity index (χ4n) is 2.40. The SMILES string of the molecule is Cc1cscc1C(=O)NCc1nnc(C2CCC2)n1C. The molecule has 2 aromatic rings. The summed E-state index contributed by atoms with van der Waals surface area (Å²) in [5.74, 6) is 2.37. The topological polar surface area (TPSA) is 59.8 Å². The highest BCUT2D eigenvalue weighted by Crippen LogP contribution is 2.35. The van der Waals surface area contributed by atoms with E-state index in [0.717, 1.165) is 22.8 Å². The van der Waals surface area contributed by atoms with Gasteiger partial charge >= 0.3 is 0 Å². The Bertz CT molecular complexity index is 627. The zero-order valence-corrected chi connectivity index (χ0v) is 12.5. The van der Waals surface area contributed by atoms with E-state index in [1.807, 2.05) is 29.3 Å². The van der Waals surface area contributed by atoms with Gasteiger partial charge in [0.15, 0.2) is 5.82 Å². The Morgan fingerprint density at radius 1 is 1.45 bits per heavy atom. The fraction of sp³-hybridized carbons (Fsp3) is 0.500. The normalized spacial score (nSPS) is 15.1. The number of hydrogen-bond acceptors (Lipinski definition) is 4. The van der Waals surface area contributed by atoms with E-state index in [-0.39, 0.29) is 5.91 Å². The second kappa shape index (κ2) is 5.36. The first-order valence-corrected chi connectivity index (χ1v) is 7.80. The van der Waals surface area contributed by atoms with Gasteiger partial charge in [0, 0.05) is 18.3 Å². The maximum absolute atomic E-state index is 12.1. The maximum Gasteiger partial charge on any atom is 0.252 e. The highest BCUT2D eigenvalue weighted by atomic mass is 32.1. The molecule has 1 N–H and O–H groups in total. The first kappa shape index (κ1) is 13.3. The van der Waals surface area contributed by atoms with Crippen LogP contribution in [0.4, 0.5) is 0 Å². The molecular weight excluding hydrogens is 272 g/mol. The number of rotatable bonds is 4. The molecule has 0 aromatic carbocycles. The predicted molar refractivity (Wildman–Crippen MR) is 77.8 cm³/mol. The van der Waals surface area contributed by atoms with Crippen molar-refractivity contribution in [1.82, 2.24) is 20.1 Å². The largest absolute Gasteiger partial charge is 0.345 e. The average Bonchev–Trinajstić information content (AvgIpc) is 2.93. The number of hydrogen-bond donors (Lipinski definition) is 1. The summed E-state index contributed by atoms with van der Waals surface area (Å²) in [7, 11) is 1.98. The van der Waals surface area contributed by atoms with Gasteiger partial charge in [-0.2, -0.15) is 11.3 Å². The summed E-state index contributed by atoms with van der Waals surface area (Å²) < 4.78 is 2.02. The zero-order chi connectivity index (χ0) is 14.1. The van der Waals surface area contributed by atoms with Crippen molar-refractivity contribution in [2.24, 2.45) is 7.05 Å². The first-order valence-electron chi connectivity index (χ1n) is 6.86. The van der Waals surface area contributed by atoms with E-state index in [1.54, 1.807) is 11.3 Å². The van der Waals surface area contributed by atoms with Crippen LogP contribution in [0.2, 0.25) is 0 Å². The highest BCUT2D eigenvalue weighted by Gasteiger charge is 2.25. The summed E-state index contributed by atoms with van der Waals surface area (Å²) in [6.45, 7) is 2.37. The first-order chi connectivity index (χ1) is 9.66. The molecule has 1 saturated carbocycles. The minimum Gasteiger partial charge on any atom is -0.345 e. The van der Waals surface area contributed by atoms with Gasteiger partial charge in [0.2, 0.25) is 0 Å². The number of nitrogens with one attached hydrogen (secondary N) is 1. The molecule has 1 amide bonds. The molecule has 0 spiro atoms. The van der Waals surface area contributed by atoms with Gasteiger partial charge in [-0.15, -0.1) is 10.2 Å².